The van der Waals surface area contributed by atoms with Gasteiger partial charge in [-0.2, -0.15) is 0 Å². The lowest BCUT2D eigenvalue weighted by molar-refractivity contribution is -0.138. The minimum absolute atomic E-state index is 0.0754. The van der Waals surface area contributed by atoms with Crippen LogP contribution in [0.3, 0.4) is 0 Å². The third-order valence-corrected chi connectivity index (χ3v) is 3.58. The van der Waals surface area contributed by atoms with Crippen molar-refractivity contribution in [3.63, 3.8) is 0 Å². The normalized spacial score (nSPS) is 14.6. The summed E-state index contributed by atoms with van der Waals surface area (Å²) in [5.41, 5.74) is 0.796. The molecule has 0 saturated carbocycles. The molecule has 1 aromatic carbocycles. The Morgan fingerprint density at radius 1 is 1.09 bits per heavy atom. The first-order valence-corrected chi connectivity index (χ1v) is 7.12. The van der Waals surface area contributed by atoms with E-state index in [1.807, 2.05) is 30.3 Å². The van der Waals surface area contributed by atoms with Crippen molar-refractivity contribution in [2.24, 2.45) is 0 Å². The third kappa shape index (κ3) is 2.95. The fraction of sp³-hybridized carbons (Fsp3) is 0.250. The summed E-state index contributed by atoms with van der Waals surface area (Å²) in [6.07, 6.45) is 0.561. The van der Waals surface area contributed by atoms with Gasteiger partial charge in [0.1, 0.15) is 5.82 Å². The molecule has 0 spiro atoms. The van der Waals surface area contributed by atoms with E-state index in [0.717, 1.165) is 15.8 Å². The highest BCUT2D eigenvalue weighted by Gasteiger charge is 2.28. The van der Waals surface area contributed by atoms with Gasteiger partial charge >= 0.3 is 0 Å². The van der Waals surface area contributed by atoms with E-state index in [0.29, 0.717) is 5.82 Å². The molecule has 0 bridgehead atoms. The molecule has 22 heavy (non-hydrogen) atoms. The van der Waals surface area contributed by atoms with E-state index < -0.39 is 0 Å². The number of nitrogens with zero attached hydrogens (tertiary/aromatic N) is 2. The number of rotatable bonds is 4. The summed E-state index contributed by atoms with van der Waals surface area (Å²) in [6.45, 7) is 0.122. The van der Waals surface area contributed by atoms with Gasteiger partial charge < -0.3 is 5.32 Å². The van der Waals surface area contributed by atoms with Crippen LogP contribution in [0.25, 0.3) is 10.9 Å². The Morgan fingerprint density at radius 2 is 1.82 bits per heavy atom. The molecule has 0 aliphatic carbocycles. The first-order valence-electron chi connectivity index (χ1n) is 7.12. The number of likely N-dealkylation sites (tertiary alicyclic amines) is 1. The smallest absolute Gasteiger partial charge is 0.229 e. The first-order chi connectivity index (χ1) is 10.6. The summed E-state index contributed by atoms with van der Waals surface area (Å²) < 4.78 is 0. The molecule has 3 amide bonds. The van der Waals surface area contributed by atoms with Crippen LogP contribution in [0.2, 0.25) is 0 Å². The number of pyridine rings is 1. The molecule has 2 heterocycles. The molecular formula is C16H15N3O3. The van der Waals surface area contributed by atoms with Gasteiger partial charge in [0.2, 0.25) is 17.7 Å². The van der Waals surface area contributed by atoms with Crippen molar-refractivity contribution in [2.75, 3.05) is 11.9 Å². The average molecular weight is 297 g/mol. The van der Waals surface area contributed by atoms with E-state index in [1.165, 1.54) is 0 Å². The van der Waals surface area contributed by atoms with Crippen LogP contribution in [0.1, 0.15) is 19.3 Å². The summed E-state index contributed by atoms with van der Waals surface area (Å²) in [6, 6.07) is 11.2. The molecule has 1 N–H and O–H groups in total. The highest BCUT2D eigenvalue weighted by molar-refractivity contribution is 6.02. The van der Waals surface area contributed by atoms with Crippen molar-refractivity contribution in [1.29, 1.82) is 0 Å². The molecule has 1 aliphatic rings. The highest BCUT2D eigenvalue weighted by Crippen LogP contribution is 2.15. The monoisotopic (exact) mass is 297 g/mol. The predicted molar refractivity (Wildman–Crippen MR) is 80.9 cm³/mol. The number of benzene rings is 1. The number of imide groups is 1. The van der Waals surface area contributed by atoms with Gasteiger partial charge in [0.15, 0.2) is 0 Å². The molecular weight excluding hydrogens is 282 g/mol. The second kappa shape index (κ2) is 5.93. The number of nitrogens with one attached hydrogen (secondary N) is 1. The van der Waals surface area contributed by atoms with Crippen LogP contribution in [0.4, 0.5) is 5.82 Å². The SMILES string of the molecule is O=C(CCN1C(=O)CCC1=O)Nc1ccc2ccccc2n1. The zero-order valence-corrected chi connectivity index (χ0v) is 11.9. The number of para-hydroxylation sites is 1. The summed E-state index contributed by atoms with van der Waals surface area (Å²) in [5.74, 6) is -0.221. The minimum Gasteiger partial charge on any atom is -0.311 e. The highest BCUT2D eigenvalue weighted by atomic mass is 16.2. The molecule has 3 rings (SSSR count). The number of anilines is 1. The maximum absolute atomic E-state index is 11.9. The van der Waals surface area contributed by atoms with Crippen molar-refractivity contribution in [2.45, 2.75) is 19.3 Å². The molecule has 1 saturated heterocycles. The van der Waals surface area contributed by atoms with Crippen LogP contribution in [0, 0.1) is 0 Å². The molecule has 1 aromatic heterocycles. The van der Waals surface area contributed by atoms with Gasteiger partial charge in [0.05, 0.1) is 5.52 Å². The molecule has 1 aliphatic heterocycles. The first kappa shape index (κ1) is 14.2. The Kier molecular flexibility index (Phi) is 3.82. The van der Waals surface area contributed by atoms with Crippen LogP contribution in [-0.4, -0.2) is 34.2 Å². The number of amides is 3. The van der Waals surface area contributed by atoms with Gasteiger partial charge in [-0.3, -0.25) is 19.3 Å². The van der Waals surface area contributed by atoms with Crippen molar-refractivity contribution >= 4 is 34.4 Å². The number of carbonyl (C=O) groups excluding carboxylic acids is 3. The zero-order chi connectivity index (χ0) is 15.5. The van der Waals surface area contributed by atoms with E-state index in [1.54, 1.807) is 6.07 Å². The molecule has 6 heteroatoms. The maximum Gasteiger partial charge on any atom is 0.229 e. The summed E-state index contributed by atoms with van der Waals surface area (Å²) in [7, 11) is 0. The fourth-order valence-electron chi connectivity index (χ4n) is 2.43. The molecule has 6 nitrogen and oxygen atoms in total. The standard InChI is InChI=1S/C16H15N3O3/c20-14(9-10-19-15(21)7-8-16(19)22)18-13-6-5-11-3-1-2-4-12(11)17-13/h1-6H,7-10H2,(H,17,18,20). The van der Waals surface area contributed by atoms with Crippen molar-refractivity contribution in [3.8, 4) is 0 Å². The third-order valence-electron chi connectivity index (χ3n) is 3.58. The average Bonchev–Trinajstić information content (AvgIpc) is 2.84. The van der Waals surface area contributed by atoms with Gasteiger partial charge in [-0.1, -0.05) is 18.2 Å². The number of hydrogen-bond acceptors (Lipinski definition) is 4. The molecule has 0 radical (unpaired) electrons. The quantitative estimate of drug-likeness (QED) is 0.871. The number of hydrogen-bond donors (Lipinski definition) is 1. The van der Waals surface area contributed by atoms with Crippen molar-refractivity contribution in [1.82, 2.24) is 9.88 Å². The lowest BCUT2D eigenvalue weighted by Gasteiger charge is -2.13. The largest absolute Gasteiger partial charge is 0.311 e. The number of aromatic nitrogens is 1. The Balaban J connectivity index is 1.61. The lowest BCUT2D eigenvalue weighted by atomic mass is 10.2. The zero-order valence-electron chi connectivity index (χ0n) is 11.9. The second-order valence-electron chi connectivity index (χ2n) is 5.13. The Bertz CT molecular complexity index is 741. The summed E-state index contributed by atoms with van der Waals surface area (Å²) >= 11 is 0. The van der Waals surface area contributed by atoms with Gasteiger partial charge in [0, 0.05) is 31.2 Å². The number of carbonyl (C=O) groups is 3. The van der Waals surface area contributed by atoms with E-state index in [9.17, 15) is 14.4 Å². The minimum atomic E-state index is -0.268. The molecule has 1 fully saturated rings. The van der Waals surface area contributed by atoms with E-state index in [-0.39, 0.29) is 43.5 Å². The lowest BCUT2D eigenvalue weighted by Crippen LogP contribution is -2.32. The Labute approximate surface area is 127 Å². The van der Waals surface area contributed by atoms with Crippen molar-refractivity contribution in [3.05, 3.63) is 36.4 Å². The van der Waals surface area contributed by atoms with Crippen LogP contribution in [0.15, 0.2) is 36.4 Å². The summed E-state index contributed by atoms with van der Waals surface area (Å²) in [4.78, 5) is 40.3. The van der Waals surface area contributed by atoms with Gasteiger partial charge in [-0.25, -0.2) is 4.98 Å². The van der Waals surface area contributed by atoms with E-state index in [4.69, 9.17) is 0 Å². The van der Waals surface area contributed by atoms with Gasteiger partial charge in [-0.15, -0.1) is 0 Å². The topological polar surface area (TPSA) is 79.4 Å². The van der Waals surface area contributed by atoms with Gasteiger partial charge in [-0.05, 0) is 18.2 Å². The molecule has 2 aromatic rings. The van der Waals surface area contributed by atoms with Crippen LogP contribution in [0.5, 0.6) is 0 Å². The predicted octanol–water partition coefficient (Wildman–Crippen LogP) is 1.71. The summed E-state index contributed by atoms with van der Waals surface area (Å²) in [5, 5.41) is 3.68. The Morgan fingerprint density at radius 3 is 2.59 bits per heavy atom. The van der Waals surface area contributed by atoms with Crippen LogP contribution < -0.4 is 5.32 Å². The second-order valence-corrected chi connectivity index (χ2v) is 5.13. The van der Waals surface area contributed by atoms with Crippen LogP contribution >= 0.6 is 0 Å². The maximum atomic E-state index is 11.9. The van der Waals surface area contributed by atoms with E-state index in [2.05, 4.69) is 10.3 Å². The Hall–Kier alpha value is -2.76. The molecule has 112 valence electrons. The molecule has 0 atom stereocenters. The number of fused-ring (bicyclic) bond motifs is 1. The van der Waals surface area contributed by atoms with Gasteiger partial charge in [0.25, 0.3) is 0 Å². The molecule has 0 unspecified atom stereocenters. The van der Waals surface area contributed by atoms with Crippen molar-refractivity contribution < 1.29 is 14.4 Å². The van der Waals surface area contributed by atoms with Crippen LogP contribution in [-0.2, 0) is 14.4 Å². The fourth-order valence-corrected chi connectivity index (χ4v) is 2.43. The van der Waals surface area contributed by atoms with E-state index >= 15 is 0 Å².